The molecule has 1 saturated heterocycles. The fourth-order valence-electron chi connectivity index (χ4n) is 3.90. The molecule has 2 aromatic carbocycles. The van der Waals surface area contributed by atoms with Gasteiger partial charge >= 0.3 is 0 Å². The highest BCUT2D eigenvalue weighted by molar-refractivity contribution is 5.97. The van der Waals surface area contributed by atoms with Gasteiger partial charge in [0.05, 0.1) is 0 Å². The van der Waals surface area contributed by atoms with Crippen LogP contribution in [0.5, 0.6) is 0 Å². The fourth-order valence-corrected chi connectivity index (χ4v) is 3.90. The third-order valence-corrected chi connectivity index (χ3v) is 5.03. The van der Waals surface area contributed by atoms with E-state index in [9.17, 15) is 9.18 Å². The van der Waals surface area contributed by atoms with Crippen molar-refractivity contribution in [2.45, 2.75) is 5.92 Å². The minimum Gasteiger partial charge on any atom is -0.352 e. The molecular formula is C19H19FN2O. The second kappa shape index (κ2) is 5.46. The van der Waals surface area contributed by atoms with E-state index in [0.717, 1.165) is 24.2 Å². The number of fused-ring (bicyclic) bond motifs is 3. The number of amides is 1. The first-order chi connectivity index (χ1) is 11.1. The standard InChI is InChI=1S/C19H19FN2O/c1-22-10-13-9-21-19(23)16-8-12(6-7-15(16)17(13)11-22)14-4-2-3-5-18(14)20/h2-8,13,17H,9-11H2,1H3,(H,21,23)/t13-,17-/m0/s1. The number of carbonyl (C=O) groups is 1. The summed E-state index contributed by atoms with van der Waals surface area (Å²) in [5.41, 5.74) is 3.07. The predicted octanol–water partition coefficient (Wildman–Crippen LogP) is 2.88. The number of halogens is 1. The molecule has 3 nitrogen and oxygen atoms in total. The molecule has 2 aliphatic heterocycles. The second-order valence-electron chi connectivity index (χ2n) is 6.58. The molecule has 0 saturated carbocycles. The first-order valence-electron chi connectivity index (χ1n) is 7.99. The van der Waals surface area contributed by atoms with Gasteiger partial charge in [-0.3, -0.25) is 4.79 Å². The highest BCUT2D eigenvalue weighted by Gasteiger charge is 2.36. The number of nitrogens with one attached hydrogen (secondary N) is 1. The Kier molecular flexibility index (Phi) is 3.42. The Bertz CT molecular complexity index is 774. The minimum atomic E-state index is -0.264. The minimum absolute atomic E-state index is 0.0461. The maximum Gasteiger partial charge on any atom is 0.251 e. The van der Waals surface area contributed by atoms with Crippen molar-refractivity contribution >= 4 is 5.91 Å². The molecule has 2 atom stereocenters. The molecule has 4 rings (SSSR count). The molecule has 4 heteroatoms. The Morgan fingerprint density at radius 1 is 1.13 bits per heavy atom. The lowest BCUT2D eigenvalue weighted by Crippen LogP contribution is -2.29. The first kappa shape index (κ1) is 14.4. The molecule has 0 spiro atoms. The summed E-state index contributed by atoms with van der Waals surface area (Å²) < 4.78 is 14.0. The number of rotatable bonds is 1. The van der Waals surface area contributed by atoms with Crippen molar-refractivity contribution in [2.24, 2.45) is 5.92 Å². The topological polar surface area (TPSA) is 32.3 Å². The third-order valence-electron chi connectivity index (χ3n) is 5.03. The van der Waals surface area contributed by atoms with Crippen molar-refractivity contribution in [1.29, 1.82) is 0 Å². The summed E-state index contributed by atoms with van der Waals surface area (Å²) in [6.07, 6.45) is 0. The molecule has 2 heterocycles. The number of likely N-dealkylation sites (N-methyl/N-ethyl adjacent to an activating group) is 1. The zero-order chi connectivity index (χ0) is 16.0. The van der Waals surface area contributed by atoms with Crippen LogP contribution in [-0.2, 0) is 0 Å². The smallest absolute Gasteiger partial charge is 0.251 e. The lowest BCUT2D eigenvalue weighted by atomic mass is 9.86. The van der Waals surface area contributed by atoms with E-state index in [0.29, 0.717) is 29.5 Å². The van der Waals surface area contributed by atoms with Crippen LogP contribution in [0.1, 0.15) is 21.8 Å². The molecule has 0 unspecified atom stereocenters. The molecular weight excluding hydrogens is 291 g/mol. The number of likely N-dealkylation sites (tertiary alicyclic amines) is 1. The molecule has 1 N–H and O–H groups in total. The van der Waals surface area contributed by atoms with Gasteiger partial charge in [0.2, 0.25) is 0 Å². The molecule has 0 radical (unpaired) electrons. The van der Waals surface area contributed by atoms with Crippen LogP contribution in [0.25, 0.3) is 11.1 Å². The summed E-state index contributed by atoms with van der Waals surface area (Å²) in [6, 6.07) is 12.5. The summed E-state index contributed by atoms with van der Waals surface area (Å²) >= 11 is 0. The van der Waals surface area contributed by atoms with E-state index in [1.54, 1.807) is 12.1 Å². The van der Waals surface area contributed by atoms with E-state index < -0.39 is 0 Å². The van der Waals surface area contributed by atoms with Crippen molar-refractivity contribution in [3.05, 3.63) is 59.4 Å². The van der Waals surface area contributed by atoms with Crippen molar-refractivity contribution in [1.82, 2.24) is 10.2 Å². The Morgan fingerprint density at radius 3 is 2.78 bits per heavy atom. The number of benzene rings is 2. The van der Waals surface area contributed by atoms with Gasteiger partial charge < -0.3 is 10.2 Å². The van der Waals surface area contributed by atoms with Gasteiger partial charge in [0.1, 0.15) is 5.82 Å². The summed E-state index contributed by atoms with van der Waals surface area (Å²) in [6.45, 7) is 2.67. The Labute approximate surface area is 135 Å². The van der Waals surface area contributed by atoms with Crippen LogP contribution in [0.15, 0.2) is 42.5 Å². The van der Waals surface area contributed by atoms with E-state index in [-0.39, 0.29) is 11.7 Å². The Morgan fingerprint density at radius 2 is 1.96 bits per heavy atom. The normalized spacial score (nSPS) is 23.8. The lowest BCUT2D eigenvalue weighted by Gasteiger charge is -2.17. The number of hydrogen-bond donors (Lipinski definition) is 1. The van der Waals surface area contributed by atoms with Crippen LogP contribution in [0.2, 0.25) is 0 Å². The lowest BCUT2D eigenvalue weighted by molar-refractivity contribution is 0.0951. The summed E-state index contributed by atoms with van der Waals surface area (Å²) in [5.74, 6) is 0.503. The van der Waals surface area contributed by atoms with Gasteiger partial charge in [-0.2, -0.15) is 0 Å². The molecule has 2 aromatic rings. The van der Waals surface area contributed by atoms with Crippen LogP contribution in [0, 0.1) is 11.7 Å². The van der Waals surface area contributed by atoms with Crippen molar-refractivity contribution in [3.63, 3.8) is 0 Å². The third kappa shape index (κ3) is 2.43. The predicted molar refractivity (Wildman–Crippen MR) is 87.9 cm³/mol. The summed E-state index contributed by atoms with van der Waals surface area (Å²) in [4.78, 5) is 14.8. The van der Waals surface area contributed by atoms with Crippen LogP contribution < -0.4 is 5.32 Å². The van der Waals surface area contributed by atoms with E-state index >= 15 is 0 Å². The zero-order valence-corrected chi connectivity index (χ0v) is 13.1. The Balaban J connectivity index is 1.82. The maximum atomic E-state index is 14.0. The van der Waals surface area contributed by atoms with E-state index in [2.05, 4.69) is 17.3 Å². The van der Waals surface area contributed by atoms with Gasteiger partial charge in [-0.15, -0.1) is 0 Å². The van der Waals surface area contributed by atoms with Gasteiger partial charge in [0.25, 0.3) is 5.91 Å². The molecule has 23 heavy (non-hydrogen) atoms. The monoisotopic (exact) mass is 310 g/mol. The van der Waals surface area contributed by atoms with E-state index in [1.165, 1.54) is 6.07 Å². The fraction of sp³-hybridized carbons (Fsp3) is 0.316. The van der Waals surface area contributed by atoms with Crippen LogP contribution in [0.4, 0.5) is 4.39 Å². The van der Waals surface area contributed by atoms with Crippen LogP contribution in [0.3, 0.4) is 0 Å². The molecule has 2 aliphatic rings. The SMILES string of the molecule is CN1C[C@@H]2CNC(=O)c3cc(-c4ccccc4F)ccc3[C@H]2C1. The van der Waals surface area contributed by atoms with Gasteiger partial charge in [-0.05, 0) is 36.2 Å². The highest BCUT2D eigenvalue weighted by atomic mass is 19.1. The first-order valence-corrected chi connectivity index (χ1v) is 7.99. The molecule has 1 fully saturated rings. The molecule has 0 aromatic heterocycles. The van der Waals surface area contributed by atoms with E-state index in [4.69, 9.17) is 0 Å². The molecule has 1 amide bonds. The van der Waals surface area contributed by atoms with Gasteiger partial charge in [-0.1, -0.05) is 30.3 Å². The summed E-state index contributed by atoms with van der Waals surface area (Å²) in [5, 5.41) is 3.03. The van der Waals surface area contributed by atoms with Gasteiger partial charge in [-0.25, -0.2) is 4.39 Å². The van der Waals surface area contributed by atoms with Crippen LogP contribution in [-0.4, -0.2) is 37.5 Å². The van der Waals surface area contributed by atoms with E-state index in [1.807, 2.05) is 24.3 Å². The molecule has 0 aliphatic carbocycles. The van der Waals surface area contributed by atoms with Gasteiger partial charge in [0, 0.05) is 36.7 Å². The van der Waals surface area contributed by atoms with Crippen LogP contribution >= 0.6 is 0 Å². The largest absolute Gasteiger partial charge is 0.352 e. The zero-order valence-electron chi connectivity index (χ0n) is 13.1. The van der Waals surface area contributed by atoms with Crippen molar-refractivity contribution in [2.75, 3.05) is 26.7 Å². The summed E-state index contributed by atoms with van der Waals surface area (Å²) in [7, 11) is 2.11. The maximum absolute atomic E-state index is 14.0. The second-order valence-corrected chi connectivity index (χ2v) is 6.58. The molecule has 0 bridgehead atoms. The average molecular weight is 310 g/mol. The number of hydrogen-bond acceptors (Lipinski definition) is 2. The Hall–Kier alpha value is -2.20. The number of carbonyl (C=O) groups excluding carboxylic acids is 1. The van der Waals surface area contributed by atoms with Gasteiger partial charge in [0.15, 0.2) is 0 Å². The average Bonchev–Trinajstić information content (AvgIpc) is 2.88. The number of nitrogens with zero attached hydrogens (tertiary/aromatic N) is 1. The molecule has 118 valence electrons. The highest BCUT2D eigenvalue weighted by Crippen LogP contribution is 2.37. The quantitative estimate of drug-likeness (QED) is 0.878. The van der Waals surface area contributed by atoms with Crippen molar-refractivity contribution < 1.29 is 9.18 Å². The van der Waals surface area contributed by atoms with Crippen molar-refractivity contribution in [3.8, 4) is 11.1 Å².